The van der Waals surface area contributed by atoms with Crippen molar-refractivity contribution in [2.45, 2.75) is 31.7 Å². The van der Waals surface area contributed by atoms with Crippen molar-refractivity contribution in [2.24, 2.45) is 7.05 Å². The molecule has 1 aromatic carbocycles. The fraction of sp³-hybridized carbons (Fsp3) is 0.450. The average Bonchev–Trinajstić information content (AvgIpc) is 3.24. The Morgan fingerprint density at radius 3 is 2.77 bits per heavy atom. The normalized spacial score (nSPS) is 16.8. The van der Waals surface area contributed by atoms with Gasteiger partial charge in [-0.2, -0.15) is 10.2 Å². The molecule has 1 aliphatic rings. The number of aromatic nitrogens is 5. The van der Waals surface area contributed by atoms with E-state index in [-0.39, 0.29) is 0 Å². The quantitative estimate of drug-likeness (QED) is 0.709. The van der Waals surface area contributed by atoms with E-state index in [4.69, 9.17) is 10.1 Å². The van der Waals surface area contributed by atoms with Gasteiger partial charge in [0.2, 0.25) is 0 Å². The van der Waals surface area contributed by atoms with E-state index >= 15 is 0 Å². The highest BCUT2D eigenvalue weighted by molar-refractivity contribution is 5.54. The van der Waals surface area contributed by atoms with E-state index in [9.17, 15) is 0 Å². The summed E-state index contributed by atoms with van der Waals surface area (Å²) in [5.41, 5.74) is 3.80. The standard InChI is InChI=1S/C20H26N6/c1-24(2)11-12-26-20(22-19(23-26)15-7-5-4-6-8-15)16-9-10-17-14-21-25(3)18(17)13-16/h4-8,14,16H,9-13H2,1-3H3. The highest BCUT2D eigenvalue weighted by Gasteiger charge is 2.27. The molecule has 6 nitrogen and oxygen atoms in total. The summed E-state index contributed by atoms with van der Waals surface area (Å²) in [6.07, 6.45) is 5.17. The first-order valence-corrected chi connectivity index (χ1v) is 9.26. The third-order valence-corrected chi connectivity index (χ3v) is 5.21. The highest BCUT2D eigenvalue weighted by Crippen LogP contribution is 2.32. The molecule has 26 heavy (non-hydrogen) atoms. The lowest BCUT2D eigenvalue weighted by atomic mass is 9.87. The molecule has 6 heteroatoms. The van der Waals surface area contributed by atoms with Crippen LogP contribution >= 0.6 is 0 Å². The number of rotatable bonds is 5. The Labute approximate surface area is 154 Å². The molecule has 0 bridgehead atoms. The molecule has 4 rings (SSSR count). The summed E-state index contributed by atoms with van der Waals surface area (Å²) in [6.45, 7) is 1.81. The van der Waals surface area contributed by atoms with Gasteiger partial charge in [0.25, 0.3) is 0 Å². The smallest absolute Gasteiger partial charge is 0.181 e. The molecule has 2 aromatic heterocycles. The van der Waals surface area contributed by atoms with Crippen LogP contribution in [0.25, 0.3) is 11.4 Å². The van der Waals surface area contributed by atoms with Crippen molar-refractivity contribution in [2.75, 3.05) is 20.6 Å². The van der Waals surface area contributed by atoms with Gasteiger partial charge in [-0.25, -0.2) is 9.67 Å². The molecule has 1 aliphatic carbocycles. The lowest BCUT2D eigenvalue weighted by molar-refractivity contribution is 0.362. The van der Waals surface area contributed by atoms with Crippen molar-refractivity contribution < 1.29 is 0 Å². The Balaban J connectivity index is 1.67. The van der Waals surface area contributed by atoms with Crippen LogP contribution in [0.5, 0.6) is 0 Å². The molecule has 0 aliphatic heterocycles. The van der Waals surface area contributed by atoms with Gasteiger partial charge in [0.1, 0.15) is 5.82 Å². The molecule has 0 N–H and O–H groups in total. The number of nitrogens with zero attached hydrogens (tertiary/aromatic N) is 6. The van der Waals surface area contributed by atoms with Gasteiger partial charge in [-0.1, -0.05) is 30.3 Å². The van der Waals surface area contributed by atoms with E-state index in [1.807, 2.05) is 36.1 Å². The monoisotopic (exact) mass is 350 g/mol. The fourth-order valence-electron chi connectivity index (χ4n) is 3.69. The topological polar surface area (TPSA) is 51.8 Å². The molecule has 0 saturated carbocycles. The summed E-state index contributed by atoms with van der Waals surface area (Å²) in [5.74, 6) is 2.33. The maximum Gasteiger partial charge on any atom is 0.181 e. The maximum absolute atomic E-state index is 4.97. The van der Waals surface area contributed by atoms with Crippen LogP contribution in [0.4, 0.5) is 0 Å². The molecule has 0 fully saturated rings. The number of hydrogen-bond acceptors (Lipinski definition) is 4. The van der Waals surface area contributed by atoms with Gasteiger partial charge in [0.05, 0.1) is 12.7 Å². The SMILES string of the molecule is CN(C)CCn1nc(-c2ccccc2)nc1C1CCc2cnn(C)c2C1. The van der Waals surface area contributed by atoms with E-state index < -0.39 is 0 Å². The summed E-state index contributed by atoms with van der Waals surface area (Å²) in [7, 11) is 6.22. The molecule has 2 heterocycles. The largest absolute Gasteiger partial charge is 0.308 e. The molecular weight excluding hydrogens is 324 g/mol. The molecule has 0 radical (unpaired) electrons. The van der Waals surface area contributed by atoms with Crippen molar-refractivity contribution in [3.05, 3.63) is 53.6 Å². The maximum atomic E-state index is 4.97. The van der Waals surface area contributed by atoms with Crippen molar-refractivity contribution in [1.82, 2.24) is 29.4 Å². The van der Waals surface area contributed by atoms with Gasteiger partial charge in [0.15, 0.2) is 5.82 Å². The summed E-state index contributed by atoms with van der Waals surface area (Å²) in [4.78, 5) is 7.16. The van der Waals surface area contributed by atoms with Gasteiger partial charge >= 0.3 is 0 Å². The minimum absolute atomic E-state index is 0.394. The molecular formula is C20H26N6. The molecule has 1 atom stereocenters. The number of benzene rings is 1. The Kier molecular flexibility index (Phi) is 4.59. The van der Waals surface area contributed by atoms with Crippen LogP contribution in [0.15, 0.2) is 36.5 Å². The van der Waals surface area contributed by atoms with Gasteiger partial charge in [-0.05, 0) is 38.9 Å². The van der Waals surface area contributed by atoms with Crippen LogP contribution in [-0.2, 0) is 26.4 Å². The number of hydrogen-bond donors (Lipinski definition) is 0. The second-order valence-corrected chi connectivity index (χ2v) is 7.37. The fourth-order valence-corrected chi connectivity index (χ4v) is 3.69. The highest BCUT2D eigenvalue weighted by atomic mass is 15.4. The van der Waals surface area contributed by atoms with Crippen molar-refractivity contribution in [3.63, 3.8) is 0 Å². The Bertz CT molecular complexity index is 877. The first-order chi connectivity index (χ1) is 12.6. The van der Waals surface area contributed by atoms with Crippen LogP contribution in [0.3, 0.4) is 0 Å². The van der Waals surface area contributed by atoms with Crippen molar-refractivity contribution in [1.29, 1.82) is 0 Å². The predicted octanol–water partition coefficient (Wildman–Crippen LogP) is 2.51. The lowest BCUT2D eigenvalue weighted by Gasteiger charge is -2.22. The van der Waals surface area contributed by atoms with Crippen LogP contribution in [0.1, 0.15) is 29.4 Å². The summed E-state index contributed by atoms with van der Waals surface area (Å²) < 4.78 is 4.13. The van der Waals surface area contributed by atoms with E-state index in [0.717, 1.165) is 49.6 Å². The lowest BCUT2D eigenvalue weighted by Crippen LogP contribution is -2.23. The van der Waals surface area contributed by atoms with Gasteiger partial charge < -0.3 is 4.90 Å². The van der Waals surface area contributed by atoms with Gasteiger partial charge in [-0.3, -0.25) is 4.68 Å². The van der Waals surface area contributed by atoms with Crippen LogP contribution in [0, 0.1) is 0 Å². The molecule has 0 spiro atoms. The molecule has 3 aromatic rings. The Hall–Kier alpha value is -2.47. The molecule has 1 unspecified atom stereocenters. The number of fused-ring (bicyclic) bond motifs is 1. The zero-order chi connectivity index (χ0) is 18.1. The first kappa shape index (κ1) is 17.0. The van der Waals surface area contributed by atoms with Crippen molar-refractivity contribution >= 4 is 0 Å². The summed E-state index contributed by atoms with van der Waals surface area (Å²) in [5, 5.41) is 9.28. The first-order valence-electron chi connectivity index (χ1n) is 9.26. The second-order valence-electron chi connectivity index (χ2n) is 7.37. The van der Waals surface area contributed by atoms with E-state index in [2.05, 4.69) is 40.9 Å². The summed E-state index contributed by atoms with van der Waals surface area (Å²) >= 11 is 0. The summed E-state index contributed by atoms with van der Waals surface area (Å²) in [6, 6.07) is 10.3. The minimum Gasteiger partial charge on any atom is -0.308 e. The molecule has 136 valence electrons. The van der Waals surface area contributed by atoms with Gasteiger partial charge in [-0.15, -0.1) is 0 Å². The van der Waals surface area contributed by atoms with Gasteiger partial charge in [0, 0.05) is 30.8 Å². The average molecular weight is 350 g/mol. The second kappa shape index (κ2) is 7.03. The Morgan fingerprint density at radius 2 is 2.00 bits per heavy atom. The number of aryl methyl sites for hydroxylation is 2. The molecule has 0 saturated heterocycles. The minimum atomic E-state index is 0.394. The van der Waals surface area contributed by atoms with Crippen molar-refractivity contribution in [3.8, 4) is 11.4 Å². The van der Waals surface area contributed by atoms with Crippen LogP contribution < -0.4 is 0 Å². The van der Waals surface area contributed by atoms with E-state index in [0.29, 0.717) is 5.92 Å². The molecule has 0 amide bonds. The zero-order valence-electron chi connectivity index (χ0n) is 15.8. The Morgan fingerprint density at radius 1 is 1.19 bits per heavy atom. The van der Waals surface area contributed by atoms with Crippen LogP contribution in [0.2, 0.25) is 0 Å². The zero-order valence-corrected chi connectivity index (χ0v) is 15.8. The van der Waals surface area contributed by atoms with E-state index in [1.54, 1.807) is 0 Å². The third kappa shape index (κ3) is 3.29. The predicted molar refractivity (Wildman–Crippen MR) is 102 cm³/mol. The number of likely N-dealkylation sites (N-methyl/N-ethyl adjacent to an activating group) is 1. The van der Waals surface area contributed by atoms with Crippen LogP contribution in [-0.4, -0.2) is 50.1 Å². The van der Waals surface area contributed by atoms with E-state index in [1.165, 1.54) is 11.3 Å². The third-order valence-electron chi connectivity index (χ3n) is 5.21.